The Balaban J connectivity index is 2.81. The molecule has 1 heterocycles. The molecule has 3 heteroatoms. The number of hydrogen-bond donors (Lipinski definition) is 1. The van der Waals surface area contributed by atoms with E-state index in [1.807, 2.05) is 5.38 Å². The molecule has 0 aliphatic carbocycles. The van der Waals surface area contributed by atoms with E-state index in [4.69, 9.17) is 5.11 Å². The largest absolute Gasteiger partial charge is 0.392 e. The molecule has 13 heavy (non-hydrogen) atoms. The van der Waals surface area contributed by atoms with Crippen molar-refractivity contribution < 1.29 is 5.11 Å². The normalized spacial score (nSPS) is 11.0. The molecule has 2 rings (SSSR count). The minimum Gasteiger partial charge on any atom is -0.392 e. The fraction of sp³-hybridized carbons (Fsp3) is 0.200. The van der Waals surface area contributed by atoms with Crippen molar-refractivity contribution >= 4 is 44.0 Å². The maximum Gasteiger partial charge on any atom is 0.0696 e. The Hall–Kier alpha value is -0.130. The van der Waals surface area contributed by atoms with Crippen LogP contribution < -0.4 is 0 Å². The number of aryl methyl sites for hydroxylation is 1. The number of fused-ring (bicyclic) bond motifs is 1. The summed E-state index contributed by atoms with van der Waals surface area (Å²) in [5.74, 6) is 0. The summed E-state index contributed by atoms with van der Waals surface area (Å²) in [4.78, 5) is 0. The summed E-state index contributed by atoms with van der Waals surface area (Å²) in [7, 11) is 0. The predicted octanol–water partition coefficient (Wildman–Crippen LogP) is 3.31. The van der Waals surface area contributed by atoms with Crippen molar-refractivity contribution in [3.05, 3.63) is 32.2 Å². The van der Waals surface area contributed by atoms with E-state index in [0.717, 1.165) is 5.56 Å². The van der Waals surface area contributed by atoms with Crippen molar-refractivity contribution in [2.24, 2.45) is 0 Å². The molecule has 1 nitrogen and oxygen atoms in total. The Bertz CT molecular complexity index is 447. The van der Waals surface area contributed by atoms with Crippen LogP contribution in [-0.2, 0) is 6.61 Å². The van der Waals surface area contributed by atoms with Crippen LogP contribution >= 0.6 is 33.9 Å². The van der Waals surface area contributed by atoms with Gasteiger partial charge in [0.1, 0.15) is 0 Å². The number of aliphatic hydroxyl groups is 1. The minimum atomic E-state index is 0.139. The topological polar surface area (TPSA) is 20.2 Å². The fourth-order valence-electron chi connectivity index (χ4n) is 1.39. The monoisotopic (exact) mass is 304 g/mol. The van der Waals surface area contributed by atoms with Gasteiger partial charge in [-0.25, -0.2) is 0 Å². The number of halogens is 1. The number of thiophene rings is 1. The van der Waals surface area contributed by atoms with Crippen molar-refractivity contribution in [2.45, 2.75) is 13.5 Å². The zero-order valence-corrected chi connectivity index (χ0v) is 10.1. The van der Waals surface area contributed by atoms with Gasteiger partial charge in [-0.05, 0) is 57.5 Å². The third-order valence-corrected chi connectivity index (χ3v) is 4.51. The molecule has 1 N–H and O–H groups in total. The highest BCUT2D eigenvalue weighted by Crippen LogP contribution is 2.31. The van der Waals surface area contributed by atoms with Crippen LogP contribution in [0.4, 0.5) is 0 Å². The van der Waals surface area contributed by atoms with Crippen molar-refractivity contribution in [1.29, 1.82) is 0 Å². The Morgan fingerprint density at radius 2 is 2.23 bits per heavy atom. The van der Waals surface area contributed by atoms with Crippen LogP contribution in [0.2, 0.25) is 0 Å². The Morgan fingerprint density at radius 1 is 1.46 bits per heavy atom. The Morgan fingerprint density at radius 3 is 2.92 bits per heavy atom. The van der Waals surface area contributed by atoms with E-state index in [2.05, 4.69) is 41.6 Å². The Kier molecular flexibility index (Phi) is 2.58. The first-order valence-electron chi connectivity index (χ1n) is 4.00. The lowest BCUT2D eigenvalue weighted by Crippen LogP contribution is -1.82. The molecule has 0 spiro atoms. The molecule has 0 aliphatic heterocycles. The van der Waals surface area contributed by atoms with E-state index < -0.39 is 0 Å². The molecular weight excluding hydrogens is 295 g/mol. The highest BCUT2D eigenvalue weighted by molar-refractivity contribution is 14.1. The molecular formula is C10H9IOS. The molecule has 0 amide bonds. The van der Waals surface area contributed by atoms with Crippen LogP contribution in [0.3, 0.4) is 0 Å². The molecule has 1 aromatic carbocycles. The first-order valence-corrected chi connectivity index (χ1v) is 5.96. The number of hydrogen-bond acceptors (Lipinski definition) is 2. The first-order chi connectivity index (χ1) is 6.24. The van der Waals surface area contributed by atoms with E-state index in [9.17, 15) is 0 Å². The zero-order chi connectivity index (χ0) is 9.42. The maximum atomic E-state index is 9.09. The van der Waals surface area contributed by atoms with Crippen molar-refractivity contribution in [1.82, 2.24) is 0 Å². The summed E-state index contributed by atoms with van der Waals surface area (Å²) < 4.78 is 2.59. The van der Waals surface area contributed by atoms with Crippen molar-refractivity contribution in [3.63, 3.8) is 0 Å². The lowest BCUT2D eigenvalue weighted by Gasteiger charge is -1.99. The molecule has 0 saturated heterocycles. The van der Waals surface area contributed by atoms with Gasteiger partial charge in [0.15, 0.2) is 0 Å². The molecule has 0 radical (unpaired) electrons. The van der Waals surface area contributed by atoms with E-state index in [1.165, 1.54) is 19.2 Å². The van der Waals surface area contributed by atoms with Gasteiger partial charge in [-0.15, -0.1) is 11.3 Å². The van der Waals surface area contributed by atoms with Crippen LogP contribution in [0.25, 0.3) is 10.1 Å². The van der Waals surface area contributed by atoms with Crippen LogP contribution in [0.15, 0.2) is 17.5 Å². The summed E-state index contributed by atoms with van der Waals surface area (Å²) in [5.41, 5.74) is 2.36. The summed E-state index contributed by atoms with van der Waals surface area (Å²) >= 11 is 4.05. The van der Waals surface area contributed by atoms with E-state index in [1.54, 1.807) is 11.3 Å². The van der Waals surface area contributed by atoms with Crippen LogP contribution in [0, 0.1) is 10.5 Å². The third kappa shape index (κ3) is 1.49. The highest BCUT2D eigenvalue weighted by atomic mass is 127. The predicted molar refractivity (Wildman–Crippen MR) is 65.2 cm³/mol. The van der Waals surface area contributed by atoms with Crippen LogP contribution in [0.1, 0.15) is 11.1 Å². The molecule has 1 aromatic heterocycles. The lowest BCUT2D eigenvalue weighted by atomic mass is 10.1. The second-order valence-corrected chi connectivity index (χ2v) is 5.01. The Labute approximate surface area is 94.5 Å². The zero-order valence-electron chi connectivity index (χ0n) is 7.17. The standard InChI is InChI=1S/C10H9IOS/c1-6-9(11)3-2-8-7(4-12)5-13-10(6)8/h2-3,5,12H,4H2,1H3. The molecule has 0 unspecified atom stereocenters. The molecule has 0 atom stereocenters. The van der Waals surface area contributed by atoms with Gasteiger partial charge in [0.25, 0.3) is 0 Å². The highest BCUT2D eigenvalue weighted by Gasteiger charge is 2.06. The average Bonchev–Trinajstić information content (AvgIpc) is 2.55. The quantitative estimate of drug-likeness (QED) is 0.802. The molecule has 0 saturated carbocycles. The first kappa shape index (κ1) is 9.43. The van der Waals surface area contributed by atoms with Gasteiger partial charge in [-0.1, -0.05) is 6.07 Å². The summed E-state index contributed by atoms with van der Waals surface area (Å²) in [6.07, 6.45) is 0. The van der Waals surface area contributed by atoms with E-state index in [-0.39, 0.29) is 6.61 Å². The van der Waals surface area contributed by atoms with Gasteiger partial charge in [0, 0.05) is 8.27 Å². The van der Waals surface area contributed by atoms with E-state index in [0.29, 0.717) is 0 Å². The molecule has 0 fully saturated rings. The van der Waals surface area contributed by atoms with Crippen molar-refractivity contribution in [3.8, 4) is 0 Å². The van der Waals surface area contributed by atoms with Gasteiger partial charge in [0.05, 0.1) is 6.61 Å². The number of rotatable bonds is 1. The van der Waals surface area contributed by atoms with Crippen molar-refractivity contribution in [2.75, 3.05) is 0 Å². The van der Waals surface area contributed by atoms with Gasteiger partial charge in [0.2, 0.25) is 0 Å². The number of aliphatic hydroxyl groups excluding tert-OH is 1. The second-order valence-electron chi connectivity index (χ2n) is 2.97. The van der Waals surface area contributed by atoms with Gasteiger partial charge in [-0.2, -0.15) is 0 Å². The minimum absolute atomic E-state index is 0.139. The maximum absolute atomic E-state index is 9.09. The molecule has 0 bridgehead atoms. The molecule has 2 aromatic rings. The fourth-order valence-corrected chi connectivity index (χ4v) is 3.10. The SMILES string of the molecule is Cc1c(I)ccc2c(CO)csc12. The van der Waals surface area contributed by atoms with Gasteiger partial charge >= 0.3 is 0 Å². The third-order valence-electron chi connectivity index (χ3n) is 2.18. The second kappa shape index (κ2) is 3.55. The van der Waals surface area contributed by atoms with Crippen LogP contribution in [-0.4, -0.2) is 5.11 Å². The smallest absolute Gasteiger partial charge is 0.0696 e. The molecule has 0 aliphatic rings. The summed E-state index contributed by atoms with van der Waals surface area (Å²) in [5, 5.41) is 12.3. The van der Waals surface area contributed by atoms with Crippen LogP contribution in [0.5, 0.6) is 0 Å². The average molecular weight is 304 g/mol. The number of benzene rings is 1. The summed E-state index contributed by atoms with van der Waals surface area (Å²) in [6.45, 7) is 2.27. The van der Waals surface area contributed by atoms with E-state index >= 15 is 0 Å². The molecule has 68 valence electrons. The summed E-state index contributed by atoms with van der Waals surface area (Å²) in [6, 6.07) is 4.19. The van der Waals surface area contributed by atoms with Gasteiger partial charge < -0.3 is 5.11 Å². The van der Waals surface area contributed by atoms with Gasteiger partial charge in [-0.3, -0.25) is 0 Å². The lowest BCUT2D eigenvalue weighted by molar-refractivity contribution is 0.284.